The van der Waals surface area contributed by atoms with Gasteiger partial charge in [0.1, 0.15) is 0 Å². The number of methoxy groups -OCH3 is 1. The van der Waals surface area contributed by atoms with E-state index in [1.165, 1.54) is 24.9 Å². The number of morpholine rings is 1. The Bertz CT molecular complexity index is 1150. The number of benzene rings is 2. The summed E-state index contributed by atoms with van der Waals surface area (Å²) in [7, 11) is 1.27. The number of thioether (sulfide) groups is 1. The molecule has 34 heavy (non-hydrogen) atoms. The maximum Gasteiger partial charge on any atom is 0.339 e. The lowest BCUT2D eigenvalue weighted by atomic mass is 10.2. The number of halogens is 1. The Hall–Kier alpha value is -2.92. The normalized spacial score (nSPS) is 14.1. The SMILES string of the molecule is COC(=O)c1cc(NC(=O)CSc2nnc(CN3CCOCC3)n2-c2ccccc2)ccc1Cl. The topological polar surface area (TPSA) is 98.6 Å². The van der Waals surface area contributed by atoms with Crippen molar-refractivity contribution < 1.29 is 19.1 Å². The van der Waals surface area contributed by atoms with Gasteiger partial charge in [0.25, 0.3) is 0 Å². The first-order valence-corrected chi connectivity index (χ1v) is 12.0. The van der Waals surface area contributed by atoms with E-state index in [0.717, 1.165) is 24.6 Å². The van der Waals surface area contributed by atoms with E-state index in [-0.39, 0.29) is 22.2 Å². The van der Waals surface area contributed by atoms with E-state index >= 15 is 0 Å². The Morgan fingerprint density at radius 1 is 1.15 bits per heavy atom. The quantitative estimate of drug-likeness (QED) is 0.371. The third-order valence-electron chi connectivity index (χ3n) is 5.17. The molecule has 1 aliphatic rings. The van der Waals surface area contributed by atoms with E-state index in [9.17, 15) is 9.59 Å². The first-order chi connectivity index (χ1) is 16.5. The van der Waals surface area contributed by atoms with Gasteiger partial charge in [-0.3, -0.25) is 14.3 Å². The zero-order chi connectivity index (χ0) is 23.9. The number of para-hydroxylation sites is 1. The molecular formula is C23H24ClN5O4S. The molecule has 0 unspecified atom stereocenters. The number of amides is 1. The Morgan fingerprint density at radius 2 is 1.91 bits per heavy atom. The number of carbonyl (C=O) groups is 2. The van der Waals surface area contributed by atoms with Gasteiger partial charge in [-0.1, -0.05) is 41.6 Å². The van der Waals surface area contributed by atoms with Gasteiger partial charge in [0.2, 0.25) is 5.91 Å². The fourth-order valence-electron chi connectivity index (χ4n) is 3.49. The summed E-state index contributed by atoms with van der Waals surface area (Å²) >= 11 is 7.34. The number of anilines is 1. The van der Waals surface area contributed by atoms with Crippen molar-refractivity contribution >= 4 is 40.9 Å². The molecule has 0 atom stereocenters. The third kappa shape index (κ3) is 5.95. The molecule has 2 heterocycles. The summed E-state index contributed by atoms with van der Waals surface area (Å²) in [5.74, 6) is 0.0924. The molecule has 0 aliphatic carbocycles. The zero-order valence-electron chi connectivity index (χ0n) is 18.6. The summed E-state index contributed by atoms with van der Waals surface area (Å²) in [6.07, 6.45) is 0. The van der Waals surface area contributed by atoms with Crippen molar-refractivity contribution in [2.75, 3.05) is 44.5 Å². The van der Waals surface area contributed by atoms with Crippen LogP contribution in [0.25, 0.3) is 5.69 Å². The highest BCUT2D eigenvalue weighted by atomic mass is 35.5. The molecule has 1 aromatic heterocycles. The van der Waals surface area contributed by atoms with E-state index in [2.05, 4.69) is 20.4 Å². The van der Waals surface area contributed by atoms with Gasteiger partial charge in [0.05, 0.1) is 43.2 Å². The maximum absolute atomic E-state index is 12.6. The first kappa shape index (κ1) is 24.2. The van der Waals surface area contributed by atoms with E-state index < -0.39 is 5.97 Å². The van der Waals surface area contributed by atoms with Crippen molar-refractivity contribution in [1.82, 2.24) is 19.7 Å². The molecule has 178 valence electrons. The smallest absolute Gasteiger partial charge is 0.339 e. The molecule has 3 aromatic rings. The molecule has 1 N–H and O–H groups in total. The number of ether oxygens (including phenoxy) is 2. The second-order valence-electron chi connectivity index (χ2n) is 7.48. The lowest BCUT2D eigenvalue weighted by Crippen LogP contribution is -2.36. The molecule has 4 rings (SSSR count). The van der Waals surface area contributed by atoms with Crippen molar-refractivity contribution in [3.8, 4) is 5.69 Å². The summed E-state index contributed by atoms with van der Waals surface area (Å²) < 4.78 is 12.1. The molecule has 1 amide bonds. The van der Waals surface area contributed by atoms with Crippen molar-refractivity contribution in [2.24, 2.45) is 0 Å². The van der Waals surface area contributed by atoms with Crippen LogP contribution in [-0.4, -0.2) is 70.7 Å². The van der Waals surface area contributed by atoms with Crippen molar-refractivity contribution in [3.05, 3.63) is 64.9 Å². The largest absolute Gasteiger partial charge is 0.465 e. The number of hydrogen-bond donors (Lipinski definition) is 1. The zero-order valence-corrected chi connectivity index (χ0v) is 20.1. The summed E-state index contributed by atoms with van der Waals surface area (Å²) in [5, 5.41) is 12.4. The molecule has 2 aromatic carbocycles. The Kier molecular flexibility index (Phi) is 8.17. The van der Waals surface area contributed by atoms with Gasteiger partial charge in [0, 0.05) is 24.5 Å². The molecule has 0 spiro atoms. The van der Waals surface area contributed by atoms with Crippen LogP contribution in [0.3, 0.4) is 0 Å². The Balaban J connectivity index is 1.47. The van der Waals surface area contributed by atoms with Crippen LogP contribution in [0, 0.1) is 0 Å². The number of rotatable bonds is 8. The number of hydrogen-bond acceptors (Lipinski definition) is 8. The molecule has 1 saturated heterocycles. The molecule has 1 fully saturated rings. The van der Waals surface area contributed by atoms with Crippen molar-refractivity contribution in [3.63, 3.8) is 0 Å². The minimum Gasteiger partial charge on any atom is -0.465 e. The fraction of sp³-hybridized carbons (Fsp3) is 0.304. The lowest BCUT2D eigenvalue weighted by molar-refractivity contribution is -0.113. The monoisotopic (exact) mass is 501 g/mol. The highest BCUT2D eigenvalue weighted by Gasteiger charge is 2.20. The molecule has 11 heteroatoms. The van der Waals surface area contributed by atoms with Gasteiger partial charge < -0.3 is 14.8 Å². The van der Waals surface area contributed by atoms with Gasteiger partial charge >= 0.3 is 5.97 Å². The lowest BCUT2D eigenvalue weighted by Gasteiger charge is -2.26. The third-order valence-corrected chi connectivity index (χ3v) is 6.43. The number of nitrogens with zero attached hydrogens (tertiary/aromatic N) is 4. The van der Waals surface area contributed by atoms with Gasteiger partial charge in [-0.15, -0.1) is 10.2 Å². The van der Waals surface area contributed by atoms with Gasteiger partial charge in [-0.05, 0) is 30.3 Å². The molecule has 0 radical (unpaired) electrons. The summed E-state index contributed by atoms with van der Waals surface area (Å²) in [6, 6.07) is 14.5. The molecule has 1 aliphatic heterocycles. The predicted octanol–water partition coefficient (Wildman–Crippen LogP) is 3.27. The fourth-order valence-corrected chi connectivity index (χ4v) is 4.45. The average Bonchev–Trinajstić information content (AvgIpc) is 3.26. The molecular weight excluding hydrogens is 478 g/mol. The second-order valence-corrected chi connectivity index (χ2v) is 8.83. The highest BCUT2D eigenvalue weighted by molar-refractivity contribution is 7.99. The average molecular weight is 502 g/mol. The van der Waals surface area contributed by atoms with Gasteiger partial charge in [-0.25, -0.2) is 4.79 Å². The van der Waals surface area contributed by atoms with Crippen LogP contribution in [0.4, 0.5) is 5.69 Å². The first-order valence-electron chi connectivity index (χ1n) is 10.7. The minimum atomic E-state index is -0.570. The van der Waals surface area contributed by atoms with Crippen LogP contribution in [0.15, 0.2) is 53.7 Å². The van der Waals surface area contributed by atoms with Crippen molar-refractivity contribution in [1.29, 1.82) is 0 Å². The van der Waals surface area contributed by atoms with Gasteiger partial charge in [-0.2, -0.15) is 0 Å². The summed E-state index contributed by atoms with van der Waals surface area (Å²) in [6.45, 7) is 3.70. The van der Waals surface area contributed by atoms with Crippen LogP contribution >= 0.6 is 23.4 Å². The Morgan fingerprint density at radius 3 is 2.65 bits per heavy atom. The van der Waals surface area contributed by atoms with Crippen molar-refractivity contribution in [2.45, 2.75) is 11.7 Å². The van der Waals surface area contributed by atoms with E-state index in [1.807, 2.05) is 34.9 Å². The maximum atomic E-state index is 12.6. The number of esters is 1. The number of nitrogens with one attached hydrogen (secondary N) is 1. The number of carbonyl (C=O) groups excluding carboxylic acids is 2. The second kappa shape index (κ2) is 11.5. The summed E-state index contributed by atoms with van der Waals surface area (Å²) in [5.41, 5.74) is 1.57. The van der Waals surface area contributed by atoms with E-state index in [0.29, 0.717) is 30.6 Å². The van der Waals surface area contributed by atoms with E-state index in [1.54, 1.807) is 12.1 Å². The molecule has 9 nitrogen and oxygen atoms in total. The number of aromatic nitrogens is 3. The highest BCUT2D eigenvalue weighted by Crippen LogP contribution is 2.25. The van der Waals surface area contributed by atoms with Gasteiger partial charge in [0.15, 0.2) is 11.0 Å². The standard InChI is InChI=1S/C23H24ClN5O4S/c1-32-22(31)18-13-16(7-8-19(18)24)25-21(30)15-34-23-27-26-20(14-28-9-11-33-12-10-28)29(23)17-5-3-2-4-6-17/h2-8,13H,9-12,14-15H2,1H3,(H,25,30). The Labute approximate surface area is 206 Å². The molecule has 0 saturated carbocycles. The van der Waals surface area contributed by atoms with Crippen LogP contribution < -0.4 is 5.32 Å². The minimum absolute atomic E-state index is 0.110. The van der Waals surface area contributed by atoms with Crippen LogP contribution in [0.1, 0.15) is 16.2 Å². The van der Waals surface area contributed by atoms with Crippen LogP contribution in [0.5, 0.6) is 0 Å². The van der Waals surface area contributed by atoms with Crippen LogP contribution in [-0.2, 0) is 20.8 Å². The molecule has 0 bridgehead atoms. The predicted molar refractivity (Wildman–Crippen MR) is 130 cm³/mol. The van der Waals surface area contributed by atoms with Crippen LogP contribution in [0.2, 0.25) is 5.02 Å². The summed E-state index contributed by atoms with van der Waals surface area (Å²) in [4.78, 5) is 26.8. The van der Waals surface area contributed by atoms with E-state index in [4.69, 9.17) is 21.1 Å².